The minimum Gasteiger partial charge on any atom is -0.353 e. The fourth-order valence-electron chi connectivity index (χ4n) is 3.50. The molecule has 138 valence electrons. The number of amides is 1. The number of rotatable bonds is 4. The zero-order valence-electron chi connectivity index (χ0n) is 14.9. The van der Waals surface area contributed by atoms with Gasteiger partial charge in [0.1, 0.15) is 25.0 Å². The van der Waals surface area contributed by atoms with Crippen molar-refractivity contribution in [2.45, 2.75) is 25.8 Å². The molecule has 2 aliphatic rings. The molecule has 9 nitrogen and oxygen atoms in total. The van der Waals surface area contributed by atoms with E-state index in [-0.39, 0.29) is 12.5 Å². The molecular weight excluding hydrogens is 332 g/mol. The number of carbonyl (C=O) groups excluding carboxylic acids is 1. The third kappa shape index (κ3) is 3.76. The second-order valence-electron chi connectivity index (χ2n) is 6.72. The predicted molar refractivity (Wildman–Crippen MR) is 96.9 cm³/mol. The minimum atomic E-state index is 0.0758. The largest absolute Gasteiger partial charge is 0.353 e. The number of piperazine rings is 1. The first kappa shape index (κ1) is 16.7. The molecule has 0 aromatic carbocycles. The van der Waals surface area contributed by atoms with Crippen LogP contribution in [0.1, 0.15) is 19.3 Å². The van der Waals surface area contributed by atoms with Gasteiger partial charge in [0.25, 0.3) is 0 Å². The van der Waals surface area contributed by atoms with Gasteiger partial charge in [0.05, 0.1) is 0 Å². The van der Waals surface area contributed by atoms with Gasteiger partial charge in [-0.1, -0.05) is 0 Å². The summed E-state index contributed by atoms with van der Waals surface area (Å²) in [6, 6.07) is 1.96. The van der Waals surface area contributed by atoms with Gasteiger partial charge in [-0.05, 0) is 25.3 Å². The van der Waals surface area contributed by atoms with Crippen molar-refractivity contribution in [2.75, 3.05) is 49.1 Å². The fraction of sp³-hybridized carbons (Fsp3) is 0.588. The van der Waals surface area contributed by atoms with Crippen LogP contribution < -0.4 is 9.80 Å². The summed E-state index contributed by atoms with van der Waals surface area (Å²) in [5, 5.41) is 3.99. The van der Waals surface area contributed by atoms with Crippen molar-refractivity contribution in [3.05, 3.63) is 24.9 Å². The fourth-order valence-corrected chi connectivity index (χ4v) is 3.50. The summed E-state index contributed by atoms with van der Waals surface area (Å²) in [5.41, 5.74) is 0. The van der Waals surface area contributed by atoms with Gasteiger partial charge < -0.3 is 14.7 Å². The lowest BCUT2D eigenvalue weighted by Gasteiger charge is -2.36. The van der Waals surface area contributed by atoms with E-state index in [0.29, 0.717) is 13.1 Å². The maximum atomic E-state index is 12.4. The first-order valence-electron chi connectivity index (χ1n) is 9.23. The maximum absolute atomic E-state index is 12.4. The number of piperidine rings is 1. The van der Waals surface area contributed by atoms with Crippen LogP contribution in [0.3, 0.4) is 0 Å². The molecule has 4 heterocycles. The molecule has 26 heavy (non-hydrogen) atoms. The molecule has 2 aliphatic heterocycles. The Morgan fingerprint density at radius 3 is 2.54 bits per heavy atom. The van der Waals surface area contributed by atoms with E-state index in [1.54, 1.807) is 11.0 Å². The number of nitrogens with zero attached hydrogens (tertiary/aromatic N) is 8. The molecule has 0 radical (unpaired) electrons. The van der Waals surface area contributed by atoms with Crippen LogP contribution in [-0.2, 0) is 11.3 Å². The number of hydrogen-bond donors (Lipinski definition) is 0. The molecule has 0 aliphatic carbocycles. The van der Waals surface area contributed by atoms with Crippen molar-refractivity contribution in [3.63, 3.8) is 0 Å². The van der Waals surface area contributed by atoms with E-state index in [0.717, 1.165) is 37.9 Å². The van der Waals surface area contributed by atoms with Crippen LogP contribution in [0.25, 0.3) is 0 Å². The molecule has 2 aromatic heterocycles. The van der Waals surface area contributed by atoms with Gasteiger partial charge in [-0.3, -0.25) is 4.79 Å². The summed E-state index contributed by atoms with van der Waals surface area (Å²) in [7, 11) is 0. The number of carbonyl (C=O) groups is 1. The van der Waals surface area contributed by atoms with Crippen molar-refractivity contribution in [2.24, 2.45) is 0 Å². The predicted octanol–water partition coefficient (Wildman–Crippen LogP) is 0.407. The quantitative estimate of drug-likeness (QED) is 0.784. The first-order valence-corrected chi connectivity index (χ1v) is 9.23. The lowest BCUT2D eigenvalue weighted by molar-refractivity contribution is -0.132. The number of anilines is 2. The van der Waals surface area contributed by atoms with Gasteiger partial charge in [-0.15, -0.1) is 0 Å². The van der Waals surface area contributed by atoms with Gasteiger partial charge in [0, 0.05) is 45.5 Å². The molecule has 0 N–H and O–H groups in total. The van der Waals surface area contributed by atoms with E-state index in [1.165, 1.54) is 25.6 Å². The van der Waals surface area contributed by atoms with Crippen molar-refractivity contribution >= 4 is 17.7 Å². The van der Waals surface area contributed by atoms with Crippen molar-refractivity contribution in [1.82, 2.24) is 29.6 Å². The molecule has 0 bridgehead atoms. The highest BCUT2D eigenvalue weighted by Gasteiger charge is 2.23. The zero-order chi connectivity index (χ0) is 17.8. The smallest absolute Gasteiger partial charge is 0.244 e. The molecule has 9 heteroatoms. The Balaban J connectivity index is 1.35. The van der Waals surface area contributed by atoms with E-state index in [9.17, 15) is 4.79 Å². The van der Waals surface area contributed by atoms with Crippen LogP contribution in [0.5, 0.6) is 0 Å². The van der Waals surface area contributed by atoms with Crippen LogP contribution >= 0.6 is 0 Å². The maximum Gasteiger partial charge on any atom is 0.244 e. The molecule has 2 saturated heterocycles. The van der Waals surface area contributed by atoms with Gasteiger partial charge in [-0.25, -0.2) is 14.6 Å². The Hall–Kier alpha value is -2.71. The highest BCUT2D eigenvalue weighted by molar-refractivity contribution is 5.76. The SMILES string of the molecule is O=C(Cn1cncn1)N1CCN(c2ccnc(N3CCCCC3)n2)CC1. The van der Waals surface area contributed by atoms with Crippen LogP contribution in [0.2, 0.25) is 0 Å². The highest BCUT2D eigenvalue weighted by Crippen LogP contribution is 2.20. The summed E-state index contributed by atoms with van der Waals surface area (Å²) >= 11 is 0. The van der Waals surface area contributed by atoms with Crippen molar-refractivity contribution < 1.29 is 4.79 Å². The summed E-state index contributed by atoms with van der Waals surface area (Å²) in [6.07, 6.45) is 8.56. The molecule has 2 aromatic rings. The van der Waals surface area contributed by atoms with Gasteiger partial charge in [0.15, 0.2) is 0 Å². The number of hydrogen-bond acceptors (Lipinski definition) is 7. The molecule has 0 atom stereocenters. The van der Waals surface area contributed by atoms with Crippen LogP contribution in [-0.4, -0.2) is 74.8 Å². The Bertz CT molecular complexity index is 720. The van der Waals surface area contributed by atoms with Gasteiger partial charge in [-0.2, -0.15) is 10.1 Å². The molecule has 1 amide bonds. The lowest BCUT2D eigenvalue weighted by Crippen LogP contribution is -2.50. The number of aromatic nitrogens is 5. The molecule has 0 spiro atoms. The van der Waals surface area contributed by atoms with E-state index >= 15 is 0 Å². The topological polar surface area (TPSA) is 83.3 Å². The second kappa shape index (κ2) is 7.67. The molecule has 4 rings (SSSR count). The summed E-state index contributed by atoms with van der Waals surface area (Å²) in [5.74, 6) is 1.85. The minimum absolute atomic E-state index is 0.0758. The van der Waals surface area contributed by atoms with Crippen LogP contribution in [0, 0.1) is 0 Å². The lowest BCUT2D eigenvalue weighted by atomic mass is 10.1. The first-order chi connectivity index (χ1) is 12.8. The normalized spacial score (nSPS) is 18.2. The Morgan fingerprint density at radius 1 is 1.00 bits per heavy atom. The Kier molecular flexibility index (Phi) is 4.94. The Morgan fingerprint density at radius 2 is 1.81 bits per heavy atom. The average Bonchev–Trinajstić information content (AvgIpc) is 3.22. The average molecular weight is 356 g/mol. The van der Waals surface area contributed by atoms with Crippen molar-refractivity contribution in [3.8, 4) is 0 Å². The highest BCUT2D eigenvalue weighted by atomic mass is 16.2. The molecule has 2 fully saturated rings. The molecule has 0 unspecified atom stereocenters. The standard InChI is InChI=1S/C17H24N8O/c26-16(12-25-14-18-13-20-25)23-10-8-22(9-11-23)15-4-5-19-17(21-15)24-6-2-1-3-7-24/h4-5,13-14H,1-3,6-12H2. The molecular formula is C17H24N8O. The molecule has 0 saturated carbocycles. The van der Waals surface area contributed by atoms with E-state index < -0.39 is 0 Å². The van der Waals surface area contributed by atoms with Crippen LogP contribution in [0.15, 0.2) is 24.9 Å². The summed E-state index contributed by atoms with van der Waals surface area (Å²) < 4.78 is 1.56. The second-order valence-corrected chi connectivity index (χ2v) is 6.72. The van der Waals surface area contributed by atoms with Crippen LogP contribution in [0.4, 0.5) is 11.8 Å². The van der Waals surface area contributed by atoms with E-state index in [1.807, 2.05) is 17.2 Å². The Labute approximate surface area is 152 Å². The monoisotopic (exact) mass is 356 g/mol. The third-order valence-corrected chi connectivity index (χ3v) is 4.99. The van der Waals surface area contributed by atoms with Gasteiger partial charge >= 0.3 is 0 Å². The van der Waals surface area contributed by atoms with E-state index in [2.05, 4.69) is 24.9 Å². The van der Waals surface area contributed by atoms with E-state index in [4.69, 9.17) is 4.98 Å². The van der Waals surface area contributed by atoms with Crippen molar-refractivity contribution in [1.29, 1.82) is 0 Å². The zero-order valence-corrected chi connectivity index (χ0v) is 14.9. The van der Waals surface area contributed by atoms with Gasteiger partial charge in [0.2, 0.25) is 11.9 Å². The summed E-state index contributed by atoms with van der Waals surface area (Å²) in [6.45, 7) is 5.25. The summed E-state index contributed by atoms with van der Waals surface area (Å²) in [4.78, 5) is 31.8. The third-order valence-electron chi connectivity index (χ3n) is 4.99.